The normalized spacial score (nSPS) is 15.1. The minimum atomic E-state index is -1.19. The van der Waals surface area contributed by atoms with Crippen LogP contribution in [-0.2, 0) is 22.7 Å². The molecule has 0 radical (unpaired) electrons. The molecule has 114 valence electrons. The van der Waals surface area contributed by atoms with E-state index in [9.17, 15) is 14.4 Å². The third-order valence-corrected chi connectivity index (χ3v) is 3.31. The van der Waals surface area contributed by atoms with Crippen LogP contribution in [0.15, 0.2) is 12.4 Å². The number of carboxylic acid groups (broad SMARTS) is 1. The lowest BCUT2D eigenvalue weighted by Gasteiger charge is -2.29. The third-order valence-electron chi connectivity index (χ3n) is 3.31. The van der Waals surface area contributed by atoms with Crippen LogP contribution in [0.2, 0.25) is 0 Å². The second kappa shape index (κ2) is 6.25. The predicted octanol–water partition coefficient (Wildman–Crippen LogP) is -0.873. The molecule has 21 heavy (non-hydrogen) atoms. The number of nitrogens with two attached hydrogens (primary N) is 1. The Morgan fingerprint density at radius 1 is 1.43 bits per heavy atom. The van der Waals surface area contributed by atoms with E-state index in [1.807, 2.05) is 10.8 Å². The highest BCUT2D eigenvalue weighted by molar-refractivity contribution is 5.83. The molecule has 4 N–H and O–H groups in total. The van der Waals surface area contributed by atoms with Crippen LogP contribution in [0.5, 0.6) is 0 Å². The molecule has 0 spiro atoms. The first-order valence-electron chi connectivity index (χ1n) is 6.54. The van der Waals surface area contributed by atoms with Gasteiger partial charge in [-0.05, 0) is 6.42 Å². The first-order valence-corrected chi connectivity index (χ1v) is 6.54. The predicted molar refractivity (Wildman–Crippen MR) is 71.0 cm³/mol. The Balaban J connectivity index is 1.93. The van der Waals surface area contributed by atoms with Crippen molar-refractivity contribution in [1.82, 2.24) is 19.8 Å². The molecule has 1 aromatic rings. The maximum Gasteiger partial charge on any atom is 0.326 e. The molecule has 1 unspecified atom stereocenters. The molecule has 1 aliphatic rings. The standard InChI is InChI=1S/C12H17N5O4/c13-9(18)2-1-8(11(19)20)15-12(21)17-6-5-16-4-3-14-10(16)7-17/h3-4,8H,1-2,5-7H2,(H2,13,18)(H,15,21)(H,19,20). The number of urea groups is 1. The number of imidazole rings is 1. The summed E-state index contributed by atoms with van der Waals surface area (Å²) in [6, 6.07) is -1.62. The molecule has 9 nitrogen and oxygen atoms in total. The van der Waals surface area contributed by atoms with Crippen LogP contribution in [-0.4, -0.2) is 50.1 Å². The summed E-state index contributed by atoms with van der Waals surface area (Å²) in [5, 5.41) is 11.5. The Labute approximate surface area is 120 Å². The van der Waals surface area contributed by atoms with E-state index < -0.39 is 23.9 Å². The first kappa shape index (κ1) is 14.8. The summed E-state index contributed by atoms with van der Waals surface area (Å²) in [5.41, 5.74) is 4.99. The second-order valence-corrected chi connectivity index (χ2v) is 4.80. The van der Waals surface area contributed by atoms with Gasteiger partial charge in [-0.3, -0.25) is 4.79 Å². The number of carboxylic acids is 1. The van der Waals surface area contributed by atoms with Crippen LogP contribution in [0.1, 0.15) is 18.7 Å². The van der Waals surface area contributed by atoms with Crippen molar-refractivity contribution in [3.05, 3.63) is 18.2 Å². The van der Waals surface area contributed by atoms with Crippen molar-refractivity contribution in [3.63, 3.8) is 0 Å². The molecule has 0 saturated carbocycles. The van der Waals surface area contributed by atoms with E-state index in [4.69, 9.17) is 10.8 Å². The number of nitrogens with one attached hydrogen (secondary N) is 1. The Morgan fingerprint density at radius 2 is 2.19 bits per heavy atom. The molecule has 1 aromatic heterocycles. The lowest BCUT2D eigenvalue weighted by atomic mass is 10.1. The van der Waals surface area contributed by atoms with E-state index in [0.29, 0.717) is 19.6 Å². The molecule has 2 rings (SSSR count). The quantitative estimate of drug-likeness (QED) is 0.649. The minimum absolute atomic E-state index is 0.0289. The van der Waals surface area contributed by atoms with E-state index in [-0.39, 0.29) is 12.8 Å². The molecule has 0 aromatic carbocycles. The van der Waals surface area contributed by atoms with Crippen LogP contribution < -0.4 is 11.1 Å². The van der Waals surface area contributed by atoms with Gasteiger partial charge in [0.25, 0.3) is 0 Å². The number of hydrogen-bond donors (Lipinski definition) is 3. The highest BCUT2D eigenvalue weighted by Crippen LogP contribution is 2.10. The van der Waals surface area contributed by atoms with Crippen LogP contribution >= 0.6 is 0 Å². The molecular weight excluding hydrogens is 278 g/mol. The Bertz CT molecular complexity index is 556. The zero-order chi connectivity index (χ0) is 15.4. The van der Waals surface area contributed by atoms with Crippen molar-refractivity contribution in [2.75, 3.05) is 6.54 Å². The number of amides is 3. The van der Waals surface area contributed by atoms with Gasteiger partial charge in [-0.15, -0.1) is 0 Å². The van der Waals surface area contributed by atoms with Gasteiger partial charge in [0, 0.05) is 31.9 Å². The van der Waals surface area contributed by atoms with E-state index in [1.165, 1.54) is 4.90 Å². The fraction of sp³-hybridized carbons (Fsp3) is 0.500. The number of aromatic nitrogens is 2. The Hall–Kier alpha value is -2.58. The highest BCUT2D eigenvalue weighted by Gasteiger charge is 2.26. The lowest BCUT2D eigenvalue weighted by Crippen LogP contribution is -2.50. The zero-order valence-corrected chi connectivity index (χ0v) is 11.4. The third kappa shape index (κ3) is 3.71. The van der Waals surface area contributed by atoms with Crippen LogP contribution in [0, 0.1) is 0 Å². The van der Waals surface area contributed by atoms with E-state index in [2.05, 4.69) is 10.3 Å². The molecule has 1 atom stereocenters. The number of fused-ring (bicyclic) bond motifs is 1. The number of primary amides is 1. The number of hydrogen-bond acceptors (Lipinski definition) is 4. The maximum absolute atomic E-state index is 12.1. The van der Waals surface area contributed by atoms with Crippen LogP contribution in [0.4, 0.5) is 4.79 Å². The summed E-state index contributed by atoms with van der Waals surface area (Å²) in [6.07, 6.45) is 3.36. The average Bonchev–Trinajstić information content (AvgIpc) is 2.89. The Kier molecular flexibility index (Phi) is 4.41. The smallest absolute Gasteiger partial charge is 0.326 e. The number of carbonyl (C=O) groups is 3. The van der Waals surface area contributed by atoms with Gasteiger partial charge >= 0.3 is 12.0 Å². The van der Waals surface area contributed by atoms with Crippen molar-refractivity contribution in [1.29, 1.82) is 0 Å². The molecule has 2 heterocycles. The van der Waals surface area contributed by atoms with Crippen molar-refractivity contribution >= 4 is 17.9 Å². The molecule has 9 heteroatoms. The summed E-state index contributed by atoms with van der Waals surface area (Å²) < 4.78 is 1.94. The summed E-state index contributed by atoms with van der Waals surface area (Å²) in [5.74, 6) is -1.04. The molecule has 0 bridgehead atoms. The van der Waals surface area contributed by atoms with Gasteiger partial charge in [-0.25, -0.2) is 14.6 Å². The number of rotatable bonds is 5. The number of carbonyl (C=O) groups excluding carboxylic acids is 2. The molecule has 0 fully saturated rings. The Morgan fingerprint density at radius 3 is 2.86 bits per heavy atom. The molecule has 0 saturated heterocycles. The number of aliphatic carboxylic acids is 1. The van der Waals surface area contributed by atoms with Crippen LogP contribution in [0.3, 0.4) is 0 Å². The van der Waals surface area contributed by atoms with E-state index >= 15 is 0 Å². The van der Waals surface area contributed by atoms with Crippen molar-refractivity contribution in [3.8, 4) is 0 Å². The van der Waals surface area contributed by atoms with Gasteiger partial charge in [-0.2, -0.15) is 0 Å². The molecule has 1 aliphatic heterocycles. The molecular formula is C12H17N5O4. The van der Waals surface area contributed by atoms with Crippen molar-refractivity contribution < 1.29 is 19.5 Å². The summed E-state index contributed by atoms with van der Waals surface area (Å²) in [7, 11) is 0. The van der Waals surface area contributed by atoms with Gasteiger partial charge in [-0.1, -0.05) is 0 Å². The van der Waals surface area contributed by atoms with Gasteiger partial charge in [0.15, 0.2) is 0 Å². The lowest BCUT2D eigenvalue weighted by molar-refractivity contribution is -0.139. The maximum atomic E-state index is 12.1. The fourth-order valence-corrected chi connectivity index (χ4v) is 2.13. The van der Waals surface area contributed by atoms with E-state index in [1.54, 1.807) is 6.20 Å². The number of nitrogens with zero attached hydrogens (tertiary/aromatic N) is 3. The minimum Gasteiger partial charge on any atom is -0.480 e. The van der Waals surface area contributed by atoms with Crippen molar-refractivity contribution in [2.24, 2.45) is 5.73 Å². The molecule has 0 aliphatic carbocycles. The van der Waals surface area contributed by atoms with E-state index in [0.717, 1.165) is 5.82 Å². The SMILES string of the molecule is NC(=O)CCC(NC(=O)N1CCn2ccnc2C1)C(=O)O. The topological polar surface area (TPSA) is 131 Å². The second-order valence-electron chi connectivity index (χ2n) is 4.80. The highest BCUT2D eigenvalue weighted by atomic mass is 16.4. The molecule has 3 amide bonds. The largest absolute Gasteiger partial charge is 0.480 e. The van der Waals surface area contributed by atoms with Crippen LogP contribution in [0.25, 0.3) is 0 Å². The van der Waals surface area contributed by atoms with Gasteiger partial charge in [0.1, 0.15) is 11.9 Å². The zero-order valence-electron chi connectivity index (χ0n) is 11.4. The van der Waals surface area contributed by atoms with Gasteiger partial charge in [0.05, 0.1) is 6.54 Å². The fourth-order valence-electron chi connectivity index (χ4n) is 2.13. The van der Waals surface area contributed by atoms with Crippen molar-refractivity contribution in [2.45, 2.75) is 32.0 Å². The summed E-state index contributed by atoms with van der Waals surface area (Å²) >= 11 is 0. The average molecular weight is 295 g/mol. The summed E-state index contributed by atoms with van der Waals surface area (Å²) in [6.45, 7) is 1.40. The summed E-state index contributed by atoms with van der Waals surface area (Å²) in [4.78, 5) is 39.5. The first-order chi connectivity index (χ1) is 9.97. The van der Waals surface area contributed by atoms with Gasteiger partial charge < -0.3 is 25.6 Å². The van der Waals surface area contributed by atoms with Gasteiger partial charge in [0.2, 0.25) is 5.91 Å². The monoisotopic (exact) mass is 295 g/mol.